The van der Waals surface area contributed by atoms with E-state index in [1.807, 2.05) is 0 Å². The molecular formula is C11H12N6O2S. The third-order valence-corrected chi connectivity index (χ3v) is 4.21. The molecule has 3 heterocycles. The molecule has 3 aromatic heterocycles. The second-order valence-corrected chi connectivity index (χ2v) is 5.81. The highest BCUT2D eigenvalue weighted by Crippen LogP contribution is 2.19. The van der Waals surface area contributed by atoms with E-state index in [0.717, 1.165) is 0 Å². The molecule has 0 aromatic carbocycles. The van der Waals surface area contributed by atoms with E-state index in [0.29, 0.717) is 11.3 Å². The Bertz CT molecular complexity index is 837. The summed E-state index contributed by atoms with van der Waals surface area (Å²) in [5, 5.41) is -0.0624. The number of nitrogens with zero attached hydrogens (tertiary/aromatic N) is 3. The lowest BCUT2D eigenvalue weighted by molar-refractivity contribution is 0.576. The minimum Gasteiger partial charge on any atom is -0.381 e. The van der Waals surface area contributed by atoms with Crippen molar-refractivity contribution in [3.8, 4) is 0 Å². The highest BCUT2D eigenvalue weighted by Gasteiger charge is 2.23. The molecule has 0 amide bonds. The number of hydrogen-bond acceptors (Lipinski definition) is 5. The number of nitrogens with two attached hydrogens (primary N) is 1. The summed E-state index contributed by atoms with van der Waals surface area (Å²) >= 11 is 0. The molecule has 3 aromatic rings. The van der Waals surface area contributed by atoms with Crippen molar-refractivity contribution in [3.63, 3.8) is 0 Å². The number of nitrogen functional groups attached to an aromatic ring is 1. The van der Waals surface area contributed by atoms with Gasteiger partial charge in [0.15, 0.2) is 10.8 Å². The van der Waals surface area contributed by atoms with Crippen molar-refractivity contribution in [2.45, 2.75) is 11.6 Å². The minimum atomic E-state index is -3.77. The molecule has 4 N–H and O–H groups in total. The third-order valence-electron chi connectivity index (χ3n) is 2.77. The molecule has 0 unspecified atom stereocenters. The van der Waals surface area contributed by atoms with Gasteiger partial charge in [0.05, 0.1) is 12.9 Å². The molecule has 104 valence electrons. The molecule has 0 aliphatic rings. The maximum absolute atomic E-state index is 12.3. The second kappa shape index (κ2) is 4.62. The first kappa shape index (κ1) is 12.6. The number of rotatable bonds is 4. The van der Waals surface area contributed by atoms with Crippen LogP contribution in [0.3, 0.4) is 0 Å². The van der Waals surface area contributed by atoms with Crippen LogP contribution in [-0.2, 0) is 16.6 Å². The van der Waals surface area contributed by atoms with Crippen LogP contribution >= 0.6 is 0 Å². The van der Waals surface area contributed by atoms with Crippen molar-refractivity contribution in [2.24, 2.45) is 0 Å². The van der Waals surface area contributed by atoms with Crippen molar-refractivity contribution in [1.29, 1.82) is 0 Å². The molecule has 9 heteroatoms. The van der Waals surface area contributed by atoms with E-state index in [-0.39, 0.29) is 17.4 Å². The molecular weight excluding hydrogens is 280 g/mol. The number of aromatic nitrogens is 4. The van der Waals surface area contributed by atoms with Crippen LogP contribution in [0.4, 0.5) is 5.82 Å². The fourth-order valence-electron chi connectivity index (χ4n) is 1.88. The van der Waals surface area contributed by atoms with Gasteiger partial charge in [-0.15, -0.1) is 0 Å². The lowest BCUT2D eigenvalue weighted by Crippen LogP contribution is -2.25. The Morgan fingerprint density at radius 2 is 2.25 bits per heavy atom. The van der Waals surface area contributed by atoms with Gasteiger partial charge in [-0.25, -0.2) is 23.1 Å². The van der Waals surface area contributed by atoms with Crippen molar-refractivity contribution in [1.82, 2.24) is 24.1 Å². The Hall–Kier alpha value is -2.39. The minimum absolute atomic E-state index is 0.0340. The van der Waals surface area contributed by atoms with E-state index in [2.05, 4.69) is 19.7 Å². The molecule has 0 radical (unpaired) electrons. The standard InChI is InChI=1S/C11H12N6O2S/c12-10-11(17-4-2-1-3-9(17)16-10)20(18,19)15-6-8-5-13-7-14-8/h1-5,7,15H,6,12H2,(H,13,14). The number of pyridine rings is 1. The quantitative estimate of drug-likeness (QED) is 0.631. The number of aromatic amines is 1. The Balaban J connectivity index is 1.98. The summed E-state index contributed by atoms with van der Waals surface area (Å²) in [4.78, 5) is 10.7. The predicted molar refractivity (Wildman–Crippen MR) is 72.2 cm³/mol. The fourth-order valence-corrected chi connectivity index (χ4v) is 3.10. The van der Waals surface area contributed by atoms with Gasteiger partial charge in [-0.2, -0.15) is 0 Å². The molecule has 0 spiro atoms. The zero-order valence-electron chi connectivity index (χ0n) is 10.3. The first-order valence-electron chi connectivity index (χ1n) is 5.77. The van der Waals surface area contributed by atoms with Crippen LogP contribution in [-0.4, -0.2) is 27.8 Å². The highest BCUT2D eigenvalue weighted by molar-refractivity contribution is 7.89. The summed E-state index contributed by atoms with van der Waals surface area (Å²) in [7, 11) is -3.77. The molecule has 20 heavy (non-hydrogen) atoms. The van der Waals surface area contributed by atoms with Gasteiger partial charge in [0.25, 0.3) is 10.0 Å². The summed E-state index contributed by atoms with van der Waals surface area (Å²) < 4.78 is 28.6. The van der Waals surface area contributed by atoms with Crippen molar-refractivity contribution in [2.75, 3.05) is 5.73 Å². The van der Waals surface area contributed by atoms with Crippen LogP contribution in [0.15, 0.2) is 41.9 Å². The van der Waals surface area contributed by atoms with Crippen molar-refractivity contribution in [3.05, 3.63) is 42.6 Å². The van der Waals surface area contributed by atoms with Crippen LogP contribution in [0.2, 0.25) is 0 Å². The molecule has 0 fully saturated rings. The summed E-state index contributed by atoms with van der Waals surface area (Å²) in [5.74, 6) is -0.0340. The summed E-state index contributed by atoms with van der Waals surface area (Å²) in [5.41, 5.74) is 6.85. The molecule has 8 nitrogen and oxygen atoms in total. The second-order valence-electron chi connectivity index (χ2n) is 4.13. The maximum atomic E-state index is 12.3. The summed E-state index contributed by atoms with van der Waals surface area (Å²) in [6.07, 6.45) is 4.62. The van der Waals surface area contributed by atoms with Gasteiger partial charge < -0.3 is 10.7 Å². The Morgan fingerprint density at radius 3 is 3.00 bits per heavy atom. The first-order chi connectivity index (χ1) is 9.58. The summed E-state index contributed by atoms with van der Waals surface area (Å²) in [6, 6.07) is 5.16. The van der Waals surface area contributed by atoms with E-state index in [1.165, 1.54) is 10.7 Å². The van der Waals surface area contributed by atoms with Crippen LogP contribution in [0.1, 0.15) is 5.69 Å². The lowest BCUT2D eigenvalue weighted by Gasteiger charge is -2.06. The lowest BCUT2D eigenvalue weighted by atomic mass is 10.5. The number of sulfonamides is 1. The van der Waals surface area contributed by atoms with E-state index in [9.17, 15) is 8.42 Å². The highest BCUT2D eigenvalue weighted by atomic mass is 32.2. The fraction of sp³-hybridized carbons (Fsp3) is 0.0909. The van der Waals surface area contributed by atoms with E-state index in [4.69, 9.17) is 5.73 Å². The van der Waals surface area contributed by atoms with Gasteiger partial charge in [-0.1, -0.05) is 6.07 Å². The van der Waals surface area contributed by atoms with Crippen LogP contribution in [0.25, 0.3) is 5.65 Å². The Kier molecular flexibility index (Phi) is 2.92. The first-order valence-corrected chi connectivity index (χ1v) is 7.26. The van der Waals surface area contributed by atoms with Crippen molar-refractivity contribution < 1.29 is 8.42 Å². The van der Waals surface area contributed by atoms with Gasteiger partial charge in [0.2, 0.25) is 0 Å². The number of H-pyrrole nitrogens is 1. The smallest absolute Gasteiger partial charge is 0.260 e. The molecule has 0 aliphatic heterocycles. The van der Waals surface area contributed by atoms with Gasteiger partial charge in [0, 0.05) is 18.1 Å². The summed E-state index contributed by atoms with van der Waals surface area (Å²) in [6.45, 7) is 0.0990. The van der Waals surface area contributed by atoms with E-state index in [1.54, 1.807) is 30.6 Å². The normalized spacial score (nSPS) is 12.0. The maximum Gasteiger partial charge on any atom is 0.260 e. The van der Waals surface area contributed by atoms with Crippen LogP contribution in [0, 0.1) is 0 Å². The Labute approximate surface area is 114 Å². The molecule has 0 bridgehead atoms. The van der Waals surface area contributed by atoms with Gasteiger partial charge in [0.1, 0.15) is 5.65 Å². The zero-order valence-corrected chi connectivity index (χ0v) is 11.1. The number of imidazole rings is 2. The predicted octanol–water partition coefficient (Wildman–Crippen LogP) is 0.118. The molecule has 0 saturated heterocycles. The number of anilines is 1. The van der Waals surface area contributed by atoms with Crippen LogP contribution < -0.4 is 10.5 Å². The SMILES string of the molecule is Nc1nc2ccccn2c1S(=O)(=O)NCc1cnc[nH]1. The molecule has 0 atom stereocenters. The average Bonchev–Trinajstić information content (AvgIpc) is 3.02. The number of hydrogen-bond donors (Lipinski definition) is 3. The third kappa shape index (κ3) is 2.12. The van der Waals surface area contributed by atoms with Crippen LogP contribution in [0.5, 0.6) is 0 Å². The van der Waals surface area contributed by atoms with Gasteiger partial charge >= 0.3 is 0 Å². The molecule has 0 saturated carbocycles. The monoisotopic (exact) mass is 292 g/mol. The Morgan fingerprint density at radius 1 is 1.40 bits per heavy atom. The van der Waals surface area contributed by atoms with Crippen molar-refractivity contribution >= 4 is 21.5 Å². The van der Waals surface area contributed by atoms with E-state index >= 15 is 0 Å². The molecule has 0 aliphatic carbocycles. The topological polar surface area (TPSA) is 118 Å². The average molecular weight is 292 g/mol. The number of fused-ring (bicyclic) bond motifs is 1. The largest absolute Gasteiger partial charge is 0.381 e. The number of nitrogens with one attached hydrogen (secondary N) is 2. The van der Waals surface area contributed by atoms with Gasteiger partial charge in [-0.05, 0) is 12.1 Å². The molecule has 3 rings (SSSR count). The van der Waals surface area contributed by atoms with E-state index < -0.39 is 10.0 Å². The van der Waals surface area contributed by atoms with Gasteiger partial charge in [-0.3, -0.25) is 4.40 Å². The zero-order chi connectivity index (χ0) is 14.2.